The number of thiazole rings is 1. The number of guanidine groups is 1. The first kappa shape index (κ1) is 18.7. The van der Waals surface area contributed by atoms with Crippen molar-refractivity contribution in [1.29, 1.82) is 0 Å². The van der Waals surface area contributed by atoms with Gasteiger partial charge in [-0.05, 0) is 18.8 Å². The summed E-state index contributed by atoms with van der Waals surface area (Å²) >= 11 is 1.75. The van der Waals surface area contributed by atoms with Gasteiger partial charge in [0, 0.05) is 37.4 Å². The maximum absolute atomic E-state index is 4.71. The number of aromatic nitrogens is 1. The van der Waals surface area contributed by atoms with Crippen LogP contribution in [0.3, 0.4) is 0 Å². The summed E-state index contributed by atoms with van der Waals surface area (Å²) in [6.07, 6.45) is 3.67. The molecule has 21 heavy (non-hydrogen) atoms. The monoisotopic (exact) mass is 422 g/mol. The van der Waals surface area contributed by atoms with Crippen LogP contribution < -0.4 is 10.6 Å². The van der Waals surface area contributed by atoms with Crippen LogP contribution in [0, 0.1) is 5.92 Å². The Morgan fingerprint density at radius 1 is 1.38 bits per heavy atom. The van der Waals surface area contributed by atoms with Crippen LogP contribution in [-0.2, 0) is 11.8 Å². The van der Waals surface area contributed by atoms with E-state index < -0.39 is 0 Å². The van der Waals surface area contributed by atoms with Crippen molar-refractivity contribution >= 4 is 41.3 Å². The van der Waals surface area contributed by atoms with E-state index in [0.29, 0.717) is 0 Å². The van der Waals surface area contributed by atoms with E-state index >= 15 is 0 Å². The Morgan fingerprint density at radius 2 is 2.10 bits per heavy atom. The fourth-order valence-corrected chi connectivity index (χ4v) is 2.87. The standard InChI is InChI=1S/C15H26N4S.HI/c1-15(2,3)12-10-20-13(19-12)7-8-17-14(16-4)18-9-11-5-6-11;/h10-11H,5-9H2,1-4H3,(H2,16,17,18);1H. The lowest BCUT2D eigenvalue weighted by Crippen LogP contribution is -2.39. The highest BCUT2D eigenvalue weighted by Gasteiger charge is 2.21. The molecule has 0 atom stereocenters. The summed E-state index contributed by atoms with van der Waals surface area (Å²) in [6.45, 7) is 8.53. The van der Waals surface area contributed by atoms with Crippen molar-refractivity contribution in [3.8, 4) is 0 Å². The molecule has 0 amide bonds. The Kier molecular flexibility index (Phi) is 7.39. The van der Waals surface area contributed by atoms with Gasteiger partial charge < -0.3 is 10.6 Å². The molecular weight excluding hydrogens is 395 g/mol. The molecule has 0 bridgehead atoms. The zero-order valence-electron chi connectivity index (χ0n) is 13.4. The molecule has 0 saturated heterocycles. The Morgan fingerprint density at radius 3 is 2.62 bits per heavy atom. The van der Waals surface area contributed by atoms with Crippen LogP contribution in [0.25, 0.3) is 0 Å². The fourth-order valence-electron chi connectivity index (χ4n) is 1.84. The van der Waals surface area contributed by atoms with Crippen molar-refractivity contribution in [2.45, 2.75) is 45.4 Å². The van der Waals surface area contributed by atoms with Crippen LogP contribution in [0.4, 0.5) is 0 Å². The number of nitrogens with zero attached hydrogens (tertiary/aromatic N) is 2. The molecule has 1 aromatic heterocycles. The molecule has 0 spiro atoms. The van der Waals surface area contributed by atoms with Gasteiger partial charge in [-0.25, -0.2) is 4.98 Å². The molecule has 1 aromatic rings. The van der Waals surface area contributed by atoms with Gasteiger partial charge in [-0.15, -0.1) is 35.3 Å². The molecule has 1 heterocycles. The largest absolute Gasteiger partial charge is 0.356 e. The molecule has 0 unspecified atom stereocenters. The number of hydrogen-bond acceptors (Lipinski definition) is 3. The van der Waals surface area contributed by atoms with Crippen molar-refractivity contribution < 1.29 is 0 Å². The van der Waals surface area contributed by atoms with E-state index in [1.165, 1.54) is 23.5 Å². The van der Waals surface area contributed by atoms with E-state index in [-0.39, 0.29) is 29.4 Å². The highest BCUT2D eigenvalue weighted by molar-refractivity contribution is 14.0. The topological polar surface area (TPSA) is 49.3 Å². The molecule has 1 aliphatic rings. The molecular formula is C15H27IN4S. The lowest BCUT2D eigenvalue weighted by molar-refractivity contribution is 0.570. The van der Waals surface area contributed by atoms with Crippen molar-refractivity contribution in [2.75, 3.05) is 20.1 Å². The summed E-state index contributed by atoms with van der Waals surface area (Å²) in [4.78, 5) is 8.95. The molecule has 1 aliphatic carbocycles. The normalized spacial score (nSPS) is 15.5. The van der Waals surface area contributed by atoms with Crippen molar-refractivity contribution in [3.05, 3.63) is 16.1 Å². The van der Waals surface area contributed by atoms with Crippen molar-refractivity contribution in [2.24, 2.45) is 10.9 Å². The van der Waals surface area contributed by atoms with Gasteiger partial charge in [0.25, 0.3) is 0 Å². The van der Waals surface area contributed by atoms with E-state index in [4.69, 9.17) is 4.98 Å². The molecule has 120 valence electrons. The molecule has 0 aliphatic heterocycles. The summed E-state index contributed by atoms with van der Waals surface area (Å²) in [5.74, 6) is 1.77. The average molecular weight is 422 g/mol. The Labute approximate surface area is 149 Å². The number of hydrogen-bond donors (Lipinski definition) is 2. The first-order chi connectivity index (χ1) is 9.49. The Hall–Kier alpha value is -0.370. The first-order valence-corrected chi connectivity index (χ1v) is 8.26. The van der Waals surface area contributed by atoms with Crippen LogP contribution in [-0.4, -0.2) is 31.1 Å². The van der Waals surface area contributed by atoms with Gasteiger partial charge in [0.05, 0.1) is 10.7 Å². The molecule has 1 saturated carbocycles. The smallest absolute Gasteiger partial charge is 0.190 e. The Balaban J connectivity index is 0.00000220. The van der Waals surface area contributed by atoms with Gasteiger partial charge >= 0.3 is 0 Å². The maximum Gasteiger partial charge on any atom is 0.190 e. The third kappa shape index (κ3) is 6.50. The number of rotatable bonds is 5. The Bertz CT molecular complexity index is 460. The second kappa shape index (κ2) is 8.31. The summed E-state index contributed by atoms with van der Waals surface area (Å²) < 4.78 is 0. The summed E-state index contributed by atoms with van der Waals surface area (Å²) in [5.41, 5.74) is 1.33. The minimum absolute atomic E-state index is 0. The van der Waals surface area contributed by atoms with Crippen LogP contribution in [0.1, 0.15) is 44.3 Å². The second-order valence-corrected chi connectivity index (χ2v) is 7.39. The quantitative estimate of drug-likeness (QED) is 0.436. The molecule has 6 heteroatoms. The summed E-state index contributed by atoms with van der Waals surface area (Å²) in [7, 11) is 1.82. The predicted molar refractivity (Wildman–Crippen MR) is 102 cm³/mol. The SMILES string of the molecule is CN=C(NCCc1nc(C(C)(C)C)cs1)NCC1CC1.I. The van der Waals surface area contributed by atoms with E-state index in [9.17, 15) is 0 Å². The maximum atomic E-state index is 4.71. The van der Waals surface area contributed by atoms with E-state index in [1.807, 2.05) is 7.05 Å². The van der Waals surface area contributed by atoms with Crippen LogP contribution in [0.5, 0.6) is 0 Å². The summed E-state index contributed by atoms with van der Waals surface area (Å²) in [5, 5.41) is 10.1. The molecule has 0 aromatic carbocycles. The molecule has 2 N–H and O–H groups in total. The lowest BCUT2D eigenvalue weighted by atomic mass is 9.93. The molecule has 0 radical (unpaired) electrons. The number of aliphatic imine (C=N–C) groups is 1. The predicted octanol–water partition coefficient (Wildman–Crippen LogP) is 3.18. The summed E-state index contributed by atoms with van der Waals surface area (Å²) in [6, 6.07) is 0. The molecule has 4 nitrogen and oxygen atoms in total. The van der Waals surface area contributed by atoms with Gasteiger partial charge in [0.15, 0.2) is 5.96 Å². The highest BCUT2D eigenvalue weighted by Crippen LogP contribution is 2.27. The number of halogens is 1. The number of nitrogens with one attached hydrogen (secondary N) is 2. The zero-order valence-corrected chi connectivity index (χ0v) is 16.5. The molecule has 2 rings (SSSR count). The van der Waals surface area contributed by atoms with Crippen molar-refractivity contribution in [3.63, 3.8) is 0 Å². The van der Waals surface area contributed by atoms with Gasteiger partial charge in [-0.3, -0.25) is 4.99 Å². The molecule has 1 fully saturated rings. The minimum atomic E-state index is 0. The van der Waals surface area contributed by atoms with Gasteiger partial charge in [-0.1, -0.05) is 20.8 Å². The van der Waals surface area contributed by atoms with Crippen LogP contribution in [0.15, 0.2) is 10.4 Å². The van der Waals surface area contributed by atoms with E-state index in [1.54, 1.807) is 11.3 Å². The highest BCUT2D eigenvalue weighted by atomic mass is 127. The van der Waals surface area contributed by atoms with Gasteiger partial charge in [0.2, 0.25) is 0 Å². The van der Waals surface area contributed by atoms with Crippen molar-refractivity contribution in [1.82, 2.24) is 15.6 Å². The third-order valence-corrected chi connectivity index (χ3v) is 4.34. The van der Waals surface area contributed by atoms with Gasteiger partial charge in [-0.2, -0.15) is 0 Å². The lowest BCUT2D eigenvalue weighted by Gasteiger charge is -2.14. The third-order valence-electron chi connectivity index (χ3n) is 3.43. The van der Waals surface area contributed by atoms with Gasteiger partial charge in [0.1, 0.15) is 0 Å². The zero-order chi connectivity index (χ0) is 14.6. The minimum Gasteiger partial charge on any atom is -0.356 e. The van der Waals surface area contributed by atoms with Crippen LogP contribution in [0.2, 0.25) is 0 Å². The fraction of sp³-hybridized carbons (Fsp3) is 0.733. The second-order valence-electron chi connectivity index (χ2n) is 6.45. The van der Waals surface area contributed by atoms with Crippen LogP contribution >= 0.6 is 35.3 Å². The van der Waals surface area contributed by atoms with E-state index in [0.717, 1.165) is 31.4 Å². The van der Waals surface area contributed by atoms with E-state index in [2.05, 4.69) is 41.8 Å². The average Bonchev–Trinajstić information content (AvgIpc) is 3.08. The first-order valence-electron chi connectivity index (χ1n) is 7.38.